The Morgan fingerprint density at radius 3 is 2.77 bits per heavy atom. The Labute approximate surface area is 75.3 Å². The number of hydrogen-bond donors (Lipinski definition) is 1. The van der Waals surface area contributed by atoms with E-state index in [0.717, 1.165) is 6.08 Å². The van der Waals surface area contributed by atoms with Crippen LogP contribution in [0.15, 0.2) is 24.3 Å². The largest absolute Gasteiger partial charge is 0.478 e. The van der Waals surface area contributed by atoms with Crippen LogP contribution in [0.25, 0.3) is 6.08 Å². The number of halogens is 1. The third-order valence-electron chi connectivity index (χ3n) is 1.60. The third kappa shape index (κ3) is 2.71. The summed E-state index contributed by atoms with van der Waals surface area (Å²) in [5.41, 5.74) is 1.19. The average molecular weight is 180 g/mol. The minimum Gasteiger partial charge on any atom is -0.478 e. The van der Waals surface area contributed by atoms with E-state index < -0.39 is 5.97 Å². The summed E-state index contributed by atoms with van der Waals surface area (Å²) >= 11 is 0. The average Bonchev–Trinajstić information content (AvgIpc) is 2.07. The Hall–Kier alpha value is -1.64. The predicted molar refractivity (Wildman–Crippen MR) is 47.8 cm³/mol. The second-order valence-corrected chi connectivity index (χ2v) is 2.68. The van der Waals surface area contributed by atoms with Crippen molar-refractivity contribution in [2.75, 3.05) is 0 Å². The molecule has 0 saturated heterocycles. The highest BCUT2D eigenvalue weighted by atomic mass is 19.1. The first-order chi connectivity index (χ1) is 6.09. The maximum Gasteiger partial charge on any atom is 0.328 e. The first-order valence-corrected chi connectivity index (χ1v) is 3.77. The van der Waals surface area contributed by atoms with Gasteiger partial charge in [0.2, 0.25) is 0 Å². The number of carboxylic acid groups (broad SMARTS) is 1. The van der Waals surface area contributed by atoms with E-state index in [9.17, 15) is 9.18 Å². The lowest BCUT2D eigenvalue weighted by Gasteiger charge is -1.96. The number of carboxylic acids is 1. The van der Waals surface area contributed by atoms with Crippen molar-refractivity contribution in [1.29, 1.82) is 0 Å². The van der Waals surface area contributed by atoms with Crippen LogP contribution in [-0.2, 0) is 4.79 Å². The molecule has 0 unspecified atom stereocenters. The summed E-state index contributed by atoms with van der Waals surface area (Å²) in [4.78, 5) is 10.2. The van der Waals surface area contributed by atoms with E-state index in [4.69, 9.17) is 5.11 Å². The van der Waals surface area contributed by atoms with Crippen LogP contribution < -0.4 is 0 Å². The highest BCUT2D eigenvalue weighted by Gasteiger charge is 1.96. The molecular formula is C10H9FO2. The van der Waals surface area contributed by atoms with E-state index in [1.807, 2.05) is 0 Å². The number of carbonyl (C=O) groups is 1. The summed E-state index contributed by atoms with van der Waals surface area (Å²) in [7, 11) is 0. The minimum atomic E-state index is -1.01. The first-order valence-electron chi connectivity index (χ1n) is 3.77. The fourth-order valence-electron chi connectivity index (χ4n) is 0.939. The lowest BCUT2D eigenvalue weighted by Crippen LogP contribution is -1.87. The van der Waals surface area contributed by atoms with Crippen molar-refractivity contribution in [3.05, 3.63) is 41.2 Å². The van der Waals surface area contributed by atoms with Gasteiger partial charge in [0.15, 0.2) is 0 Å². The van der Waals surface area contributed by atoms with Crippen LogP contribution in [0.2, 0.25) is 0 Å². The Morgan fingerprint density at radius 1 is 1.54 bits per heavy atom. The molecule has 0 bridgehead atoms. The quantitative estimate of drug-likeness (QED) is 0.708. The molecule has 0 amide bonds. The molecular weight excluding hydrogens is 171 g/mol. The van der Waals surface area contributed by atoms with Crippen molar-refractivity contribution in [3.63, 3.8) is 0 Å². The molecule has 0 atom stereocenters. The maximum absolute atomic E-state index is 12.8. The van der Waals surface area contributed by atoms with Gasteiger partial charge < -0.3 is 5.11 Å². The Bertz CT molecular complexity index is 356. The smallest absolute Gasteiger partial charge is 0.328 e. The molecule has 0 fully saturated rings. The van der Waals surface area contributed by atoms with Crippen LogP contribution in [-0.4, -0.2) is 11.1 Å². The van der Waals surface area contributed by atoms with Crippen molar-refractivity contribution >= 4 is 12.0 Å². The Balaban J connectivity index is 2.92. The zero-order chi connectivity index (χ0) is 9.84. The van der Waals surface area contributed by atoms with Gasteiger partial charge in [-0.25, -0.2) is 9.18 Å². The van der Waals surface area contributed by atoms with E-state index in [0.29, 0.717) is 11.1 Å². The van der Waals surface area contributed by atoms with Crippen LogP contribution in [0.1, 0.15) is 11.1 Å². The molecule has 0 aromatic heterocycles. The summed E-state index contributed by atoms with van der Waals surface area (Å²) in [5, 5.41) is 8.34. The number of aryl methyl sites for hydroxylation is 1. The Kier molecular flexibility index (Phi) is 2.80. The summed E-state index contributed by atoms with van der Waals surface area (Å²) in [6.45, 7) is 1.63. The number of aliphatic carboxylic acids is 1. The zero-order valence-corrected chi connectivity index (χ0v) is 7.12. The standard InChI is InChI=1S/C10H9FO2/c1-7-6-8(2-4-9(7)11)3-5-10(12)13/h2-6H,1H3,(H,12,13)/b5-3-. The molecule has 13 heavy (non-hydrogen) atoms. The first kappa shape index (κ1) is 9.45. The zero-order valence-electron chi connectivity index (χ0n) is 7.12. The van der Waals surface area contributed by atoms with Crippen LogP contribution in [0.5, 0.6) is 0 Å². The molecule has 0 aliphatic rings. The fraction of sp³-hybridized carbons (Fsp3) is 0.100. The molecule has 1 N–H and O–H groups in total. The van der Waals surface area contributed by atoms with Gasteiger partial charge in [-0.2, -0.15) is 0 Å². The number of benzene rings is 1. The van der Waals surface area contributed by atoms with Crippen molar-refractivity contribution < 1.29 is 14.3 Å². The van der Waals surface area contributed by atoms with Crippen LogP contribution in [0, 0.1) is 12.7 Å². The molecule has 1 aromatic rings. The van der Waals surface area contributed by atoms with Crippen molar-refractivity contribution in [3.8, 4) is 0 Å². The molecule has 3 heteroatoms. The second kappa shape index (κ2) is 3.85. The van der Waals surface area contributed by atoms with E-state index in [-0.39, 0.29) is 5.82 Å². The highest BCUT2D eigenvalue weighted by molar-refractivity contribution is 5.85. The molecule has 0 radical (unpaired) electrons. The van der Waals surface area contributed by atoms with E-state index in [1.165, 1.54) is 18.2 Å². The van der Waals surface area contributed by atoms with Gasteiger partial charge in [0.05, 0.1) is 0 Å². The topological polar surface area (TPSA) is 37.3 Å². The van der Waals surface area contributed by atoms with Gasteiger partial charge in [-0.3, -0.25) is 0 Å². The van der Waals surface area contributed by atoms with Gasteiger partial charge in [-0.1, -0.05) is 6.07 Å². The highest BCUT2D eigenvalue weighted by Crippen LogP contribution is 2.10. The van der Waals surface area contributed by atoms with Gasteiger partial charge in [-0.15, -0.1) is 0 Å². The normalized spacial score (nSPS) is 10.6. The van der Waals surface area contributed by atoms with Crippen molar-refractivity contribution in [1.82, 2.24) is 0 Å². The Morgan fingerprint density at radius 2 is 2.23 bits per heavy atom. The molecule has 0 aliphatic heterocycles. The molecule has 1 rings (SSSR count). The third-order valence-corrected chi connectivity index (χ3v) is 1.60. The summed E-state index contributed by atoms with van der Waals surface area (Å²) < 4.78 is 12.8. The monoisotopic (exact) mass is 180 g/mol. The van der Waals surface area contributed by atoms with E-state index >= 15 is 0 Å². The van der Waals surface area contributed by atoms with Crippen molar-refractivity contribution in [2.24, 2.45) is 0 Å². The van der Waals surface area contributed by atoms with E-state index in [1.54, 1.807) is 13.0 Å². The van der Waals surface area contributed by atoms with Gasteiger partial charge in [0.1, 0.15) is 5.82 Å². The van der Waals surface area contributed by atoms with Crippen LogP contribution in [0.3, 0.4) is 0 Å². The van der Waals surface area contributed by atoms with Gasteiger partial charge in [-0.05, 0) is 36.3 Å². The molecule has 0 saturated carbocycles. The van der Waals surface area contributed by atoms with Gasteiger partial charge in [0.25, 0.3) is 0 Å². The SMILES string of the molecule is Cc1cc(/C=C\C(=O)O)ccc1F. The molecule has 0 heterocycles. The van der Waals surface area contributed by atoms with Crippen LogP contribution in [0.4, 0.5) is 4.39 Å². The van der Waals surface area contributed by atoms with Gasteiger partial charge >= 0.3 is 5.97 Å². The lowest BCUT2D eigenvalue weighted by molar-refractivity contribution is -0.131. The molecule has 0 spiro atoms. The predicted octanol–water partition coefficient (Wildman–Crippen LogP) is 2.23. The summed E-state index contributed by atoms with van der Waals surface area (Å²) in [5.74, 6) is -1.30. The number of rotatable bonds is 2. The molecule has 68 valence electrons. The lowest BCUT2D eigenvalue weighted by atomic mass is 10.1. The minimum absolute atomic E-state index is 0.285. The second-order valence-electron chi connectivity index (χ2n) is 2.68. The fourth-order valence-corrected chi connectivity index (χ4v) is 0.939. The maximum atomic E-state index is 12.8. The summed E-state index contributed by atoms with van der Waals surface area (Å²) in [6, 6.07) is 4.44. The van der Waals surface area contributed by atoms with Crippen LogP contribution >= 0.6 is 0 Å². The molecule has 0 aliphatic carbocycles. The summed E-state index contributed by atoms with van der Waals surface area (Å²) in [6.07, 6.45) is 2.45. The van der Waals surface area contributed by atoms with Crippen molar-refractivity contribution in [2.45, 2.75) is 6.92 Å². The van der Waals surface area contributed by atoms with E-state index in [2.05, 4.69) is 0 Å². The van der Waals surface area contributed by atoms with Gasteiger partial charge in [0, 0.05) is 6.08 Å². The molecule has 2 nitrogen and oxygen atoms in total. The number of hydrogen-bond acceptors (Lipinski definition) is 1. The molecule has 1 aromatic carbocycles.